The van der Waals surface area contributed by atoms with Gasteiger partial charge in [0.15, 0.2) is 0 Å². The molecule has 0 bridgehead atoms. The topological polar surface area (TPSA) is 66.9 Å². The van der Waals surface area contributed by atoms with Crippen LogP contribution in [0.4, 0.5) is 4.79 Å². The zero-order valence-electron chi connectivity index (χ0n) is 11.6. The molecule has 1 saturated heterocycles. The number of aryl methyl sites for hydroxylation is 1. The van der Waals surface area contributed by atoms with Crippen molar-refractivity contribution in [2.24, 2.45) is 0 Å². The van der Waals surface area contributed by atoms with Gasteiger partial charge in [-0.05, 0) is 19.1 Å². The van der Waals surface area contributed by atoms with E-state index >= 15 is 0 Å². The quantitative estimate of drug-likeness (QED) is 0.819. The van der Waals surface area contributed by atoms with Gasteiger partial charge in [0, 0.05) is 26.2 Å². The maximum Gasteiger partial charge on any atom is 0.415 e. The predicted molar refractivity (Wildman–Crippen MR) is 75.2 cm³/mol. The molecule has 110 valence electrons. The molecule has 2 rings (SSSR count). The van der Waals surface area contributed by atoms with Gasteiger partial charge in [0.25, 0.3) is 0 Å². The highest BCUT2D eigenvalue weighted by molar-refractivity contribution is 7.88. The van der Waals surface area contributed by atoms with Crippen LogP contribution in [0.2, 0.25) is 0 Å². The number of amides is 1. The van der Waals surface area contributed by atoms with Crippen LogP contribution in [-0.4, -0.2) is 56.2 Å². The largest absolute Gasteiger partial charge is 0.415 e. The van der Waals surface area contributed by atoms with Crippen LogP contribution < -0.4 is 4.74 Å². The Bertz CT molecular complexity index is 575. The number of benzene rings is 1. The number of hydrogen-bond donors (Lipinski definition) is 0. The molecule has 1 aliphatic rings. The third kappa shape index (κ3) is 3.71. The van der Waals surface area contributed by atoms with E-state index in [1.165, 1.54) is 15.5 Å². The number of piperazine rings is 1. The van der Waals surface area contributed by atoms with E-state index in [4.69, 9.17) is 4.74 Å². The minimum atomic E-state index is -3.18. The monoisotopic (exact) mass is 298 g/mol. The van der Waals surface area contributed by atoms with Crippen LogP contribution in [0.15, 0.2) is 24.3 Å². The summed E-state index contributed by atoms with van der Waals surface area (Å²) in [5, 5.41) is 0. The summed E-state index contributed by atoms with van der Waals surface area (Å²) in [6.45, 7) is 3.26. The van der Waals surface area contributed by atoms with Crippen LogP contribution in [0.1, 0.15) is 5.56 Å². The Balaban J connectivity index is 1.90. The first kappa shape index (κ1) is 14.8. The summed E-state index contributed by atoms with van der Waals surface area (Å²) in [4.78, 5) is 13.5. The highest BCUT2D eigenvalue weighted by Crippen LogP contribution is 2.14. The summed E-state index contributed by atoms with van der Waals surface area (Å²) in [6, 6.07) is 7.20. The molecule has 0 unspecified atom stereocenters. The van der Waals surface area contributed by atoms with Crippen molar-refractivity contribution in [1.82, 2.24) is 9.21 Å². The van der Waals surface area contributed by atoms with Crippen molar-refractivity contribution in [3.63, 3.8) is 0 Å². The fourth-order valence-corrected chi connectivity index (χ4v) is 2.80. The lowest BCUT2D eigenvalue weighted by atomic mass is 10.2. The lowest BCUT2D eigenvalue weighted by molar-refractivity contribution is 0.133. The maximum absolute atomic E-state index is 11.9. The van der Waals surface area contributed by atoms with Gasteiger partial charge in [0.05, 0.1) is 6.26 Å². The molecule has 6 nitrogen and oxygen atoms in total. The summed E-state index contributed by atoms with van der Waals surface area (Å²) in [5.74, 6) is 0.492. The second kappa shape index (κ2) is 5.80. The molecule has 1 amide bonds. The standard InChI is InChI=1S/C13H18N2O4S/c1-11-3-5-12(6-4-11)19-13(16)14-7-9-15(10-8-14)20(2,17)18/h3-6H,7-10H2,1-2H3. The van der Waals surface area contributed by atoms with E-state index in [0.29, 0.717) is 31.9 Å². The Morgan fingerprint density at radius 1 is 1.10 bits per heavy atom. The molecule has 0 N–H and O–H groups in total. The number of hydrogen-bond acceptors (Lipinski definition) is 4. The van der Waals surface area contributed by atoms with Gasteiger partial charge in [-0.2, -0.15) is 4.31 Å². The van der Waals surface area contributed by atoms with Crippen LogP contribution in [0.5, 0.6) is 5.75 Å². The van der Waals surface area contributed by atoms with Crippen molar-refractivity contribution in [2.45, 2.75) is 6.92 Å². The van der Waals surface area contributed by atoms with E-state index in [9.17, 15) is 13.2 Å². The summed E-state index contributed by atoms with van der Waals surface area (Å²) in [6.07, 6.45) is 0.731. The Morgan fingerprint density at radius 3 is 2.15 bits per heavy atom. The summed E-state index contributed by atoms with van der Waals surface area (Å²) in [7, 11) is -3.18. The zero-order chi connectivity index (χ0) is 14.8. The zero-order valence-corrected chi connectivity index (χ0v) is 12.4. The third-order valence-electron chi connectivity index (χ3n) is 3.19. The minimum Gasteiger partial charge on any atom is -0.410 e. The Morgan fingerprint density at radius 2 is 1.65 bits per heavy atom. The fraction of sp³-hybridized carbons (Fsp3) is 0.462. The van der Waals surface area contributed by atoms with E-state index in [0.717, 1.165) is 5.56 Å². The fourth-order valence-electron chi connectivity index (χ4n) is 1.97. The Kier molecular flexibility index (Phi) is 4.29. The molecule has 0 saturated carbocycles. The van der Waals surface area contributed by atoms with E-state index in [1.807, 2.05) is 19.1 Å². The summed E-state index contributed by atoms with van der Waals surface area (Å²) in [5.41, 5.74) is 1.09. The van der Waals surface area contributed by atoms with E-state index in [2.05, 4.69) is 0 Å². The van der Waals surface area contributed by atoms with Gasteiger partial charge in [0.1, 0.15) is 5.75 Å². The lowest BCUT2D eigenvalue weighted by Crippen LogP contribution is -2.51. The molecular weight excluding hydrogens is 280 g/mol. The number of rotatable bonds is 2. The highest BCUT2D eigenvalue weighted by atomic mass is 32.2. The molecule has 0 spiro atoms. The molecular formula is C13H18N2O4S. The highest BCUT2D eigenvalue weighted by Gasteiger charge is 2.26. The van der Waals surface area contributed by atoms with Crippen molar-refractivity contribution >= 4 is 16.1 Å². The van der Waals surface area contributed by atoms with Gasteiger partial charge in [0.2, 0.25) is 10.0 Å². The molecule has 7 heteroatoms. The smallest absolute Gasteiger partial charge is 0.410 e. The SMILES string of the molecule is Cc1ccc(OC(=O)N2CCN(S(C)(=O)=O)CC2)cc1. The van der Waals surface area contributed by atoms with E-state index < -0.39 is 16.1 Å². The molecule has 0 aromatic heterocycles. The third-order valence-corrected chi connectivity index (χ3v) is 4.50. The number of sulfonamides is 1. The van der Waals surface area contributed by atoms with Gasteiger partial charge in [-0.3, -0.25) is 0 Å². The average Bonchev–Trinajstić information content (AvgIpc) is 2.40. The van der Waals surface area contributed by atoms with Crippen molar-refractivity contribution in [2.75, 3.05) is 32.4 Å². The molecule has 0 radical (unpaired) electrons. The maximum atomic E-state index is 11.9. The van der Waals surface area contributed by atoms with Gasteiger partial charge in [-0.1, -0.05) is 17.7 Å². The van der Waals surface area contributed by atoms with Crippen molar-refractivity contribution < 1.29 is 17.9 Å². The van der Waals surface area contributed by atoms with Crippen molar-refractivity contribution in [3.05, 3.63) is 29.8 Å². The van der Waals surface area contributed by atoms with E-state index in [-0.39, 0.29) is 0 Å². The minimum absolute atomic E-state index is 0.307. The first-order valence-electron chi connectivity index (χ1n) is 6.35. The molecule has 1 heterocycles. The summed E-state index contributed by atoms with van der Waals surface area (Å²) < 4.78 is 29.4. The molecule has 1 aliphatic heterocycles. The van der Waals surface area contributed by atoms with Crippen molar-refractivity contribution in [1.29, 1.82) is 0 Å². The normalized spacial score (nSPS) is 17.0. The van der Waals surface area contributed by atoms with Crippen LogP contribution >= 0.6 is 0 Å². The van der Waals surface area contributed by atoms with Crippen LogP contribution in [0, 0.1) is 6.92 Å². The average molecular weight is 298 g/mol. The molecule has 0 atom stereocenters. The molecule has 1 aromatic rings. The first-order chi connectivity index (χ1) is 9.36. The lowest BCUT2D eigenvalue weighted by Gasteiger charge is -2.32. The van der Waals surface area contributed by atoms with Crippen LogP contribution in [-0.2, 0) is 10.0 Å². The molecule has 1 aromatic carbocycles. The van der Waals surface area contributed by atoms with Gasteiger partial charge in [-0.25, -0.2) is 13.2 Å². The van der Waals surface area contributed by atoms with E-state index in [1.54, 1.807) is 12.1 Å². The second-order valence-corrected chi connectivity index (χ2v) is 6.81. The van der Waals surface area contributed by atoms with Crippen LogP contribution in [0.25, 0.3) is 0 Å². The Labute approximate surface area is 119 Å². The number of carbonyl (C=O) groups excluding carboxylic acids is 1. The number of carbonyl (C=O) groups is 1. The number of nitrogens with zero attached hydrogens (tertiary/aromatic N) is 2. The summed E-state index contributed by atoms with van der Waals surface area (Å²) >= 11 is 0. The molecule has 0 aliphatic carbocycles. The van der Waals surface area contributed by atoms with Crippen molar-refractivity contribution in [3.8, 4) is 5.75 Å². The second-order valence-electron chi connectivity index (χ2n) is 4.83. The molecule has 1 fully saturated rings. The first-order valence-corrected chi connectivity index (χ1v) is 8.19. The Hall–Kier alpha value is -1.60. The van der Waals surface area contributed by atoms with Crippen LogP contribution in [0.3, 0.4) is 0 Å². The molecule has 20 heavy (non-hydrogen) atoms. The number of ether oxygens (including phenoxy) is 1. The predicted octanol–water partition coefficient (Wildman–Crippen LogP) is 1.07. The van der Waals surface area contributed by atoms with Gasteiger partial charge < -0.3 is 9.64 Å². The van der Waals surface area contributed by atoms with Gasteiger partial charge >= 0.3 is 6.09 Å². The van der Waals surface area contributed by atoms with Gasteiger partial charge in [-0.15, -0.1) is 0 Å².